The zero-order valence-electron chi connectivity index (χ0n) is 8.52. The smallest absolute Gasteiger partial charge is 0.123 e. The number of nitrogens with one attached hydrogen (secondary N) is 2. The summed E-state index contributed by atoms with van der Waals surface area (Å²) in [6, 6.07) is 6.45. The van der Waals surface area contributed by atoms with Crippen molar-refractivity contribution in [1.29, 1.82) is 0 Å². The molecule has 2 N–H and O–H groups in total. The molecular formula is C11H17FN2. The first-order valence-corrected chi connectivity index (χ1v) is 4.97. The maximum Gasteiger partial charge on any atom is 0.123 e. The van der Waals surface area contributed by atoms with E-state index >= 15 is 0 Å². The van der Waals surface area contributed by atoms with Crippen molar-refractivity contribution in [3.05, 3.63) is 30.1 Å². The summed E-state index contributed by atoms with van der Waals surface area (Å²) in [6.45, 7) is 1.98. The first kappa shape index (κ1) is 11.0. The van der Waals surface area contributed by atoms with Crippen LogP contribution in [0.25, 0.3) is 0 Å². The summed E-state index contributed by atoms with van der Waals surface area (Å²) >= 11 is 0. The number of anilines is 1. The molecule has 0 bridgehead atoms. The number of hydrogen-bond acceptors (Lipinski definition) is 2. The Kier molecular flexibility index (Phi) is 5.00. The highest BCUT2D eigenvalue weighted by Gasteiger charge is 1.92. The summed E-state index contributed by atoms with van der Waals surface area (Å²) in [5, 5.41) is 6.33. The molecule has 0 aliphatic carbocycles. The van der Waals surface area contributed by atoms with Gasteiger partial charge in [0.1, 0.15) is 5.82 Å². The molecule has 0 spiro atoms. The summed E-state index contributed by atoms with van der Waals surface area (Å²) in [5.41, 5.74) is 0.982. The second-order valence-corrected chi connectivity index (χ2v) is 3.24. The minimum Gasteiger partial charge on any atom is -0.385 e. The van der Waals surface area contributed by atoms with Gasteiger partial charge >= 0.3 is 0 Å². The molecule has 0 saturated carbocycles. The van der Waals surface area contributed by atoms with Gasteiger partial charge in [-0.2, -0.15) is 0 Å². The van der Waals surface area contributed by atoms with Crippen LogP contribution < -0.4 is 10.6 Å². The van der Waals surface area contributed by atoms with E-state index in [4.69, 9.17) is 0 Å². The number of hydrogen-bond donors (Lipinski definition) is 2. The highest BCUT2D eigenvalue weighted by Crippen LogP contribution is 2.07. The molecular weight excluding hydrogens is 179 g/mol. The first-order chi connectivity index (χ1) is 6.83. The first-order valence-electron chi connectivity index (χ1n) is 4.97. The van der Waals surface area contributed by atoms with Crippen molar-refractivity contribution in [2.24, 2.45) is 0 Å². The predicted octanol–water partition coefficient (Wildman–Crippen LogP) is 2.24. The minimum absolute atomic E-state index is 0.189. The minimum atomic E-state index is -0.189. The van der Waals surface area contributed by atoms with Gasteiger partial charge in [0.05, 0.1) is 0 Å². The molecule has 0 atom stereocenters. The number of halogens is 1. The third kappa shape index (κ3) is 4.23. The molecule has 2 nitrogen and oxygen atoms in total. The zero-order chi connectivity index (χ0) is 10.2. The van der Waals surface area contributed by atoms with Crippen molar-refractivity contribution in [1.82, 2.24) is 5.32 Å². The number of unbranched alkanes of at least 4 members (excludes halogenated alkanes) is 1. The van der Waals surface area contributed by atoms with Gasteiger partial charge in [-0.3, -0.25) is 0 Å². The fourth-order valence-corrected chi connectivity index (χ4v) is 1.23. The maximum absolute atomic E-state index is 12.5. The summed E-state index contributed by atoms with van der Waals surface area (Å²) in [5.74, 6) is -0.189. The molecule has 0 aliphatic heterocycles. The van der Waals surface area contributed by atoms with Crippen LogP contribution in [0.2, 0.25) is 0 Å². The van der Waals surface area contributed by atoms with E-state index in [0.717, 1.165) is 31.6 Å². The highest BCUT2D eigenvalue weighted by atomic mass is 19.1. The predicted molar refractivity (Wildman–Crippen MR) is 58.1 cm³/mol. The summed E-state index contributed by atoms with van der Waals surface area (Å²) in [4.78, 5) is 0. The van der Waals surface area contributed by atoms with Crippen LogP contribution in [0.5, 0.6) is 0 Å². The Labute approximate surface area is 84.5 Å². The monoisotopic (exact) mass is 196 g/mol. The second-order valence-electron chi connectivity index (χ2n) is 3.24. The van der Waals surface area contributed by atoms with Gasteiger partial charge in [-0.15, -0.1) is 0 Å². The topological polar surface area (TPSA) is 24.1 Å². The van der Waals surface area contributed by atoms with Crippen LogP contribution in [-0.4, -0.2) is 20.1 Å². The molecule has 0 radical (unpaired) electrons. The zero-order valence-corrected chi connectivity index (χ0v) is 8.52. The summed E-state index contributed by atoms with van der Waals surface area (Å²) < 4.78 is 12.5. The van der Waals surface area contributed by atoms with E-state index < -0.39 is 0 Å². The van der Waals surface area contributed by atoms with Crippen LogP contribution >= 0.6 is 0 Å². The lowest BCUT2D eigenvalue weighted by molar-refractivity contribution is 0.628. The molecule has 0 saturated heterocycles. The molecule has 0 fully saturated rings. The maximum atomic E-state index is 12.5. The Morgan fingerprint density at radius 2 is 1.71 bits per heavy atom. The van der Waals surface area contributed by atoms with Crippen LogP contribution in [0.3, 0.4) is 0 Å². The highest BCUT2D eigenvalue weighted by molar-refractivity contribution is 5.42. The normalized spacial score (nSPS) is 10.1. The fraction of sp³-hybridized carbons (Fsp3) is 0.455. The van der Waals surface area contributed by atoms with Crippen molar-refractivity contribution in [2.75, 3.05) is 25.5 Å². The molecule has 1 aromatic rings. The van der Waals surface area contributed by atoms with Gasteiger partial charge in [0.15, 0.2) is 0 Å². The van der Waals surface area contributed by atoms with Crippen LogP contribution in [0.15, 0.2) is 24.3 Å². The quantitative estimate of drug-likeness (QED) is 0.682. The lowest BCUT2D eigenvalue weighted by atomic mass is 10.2. The lowest BCUT2D eigenvalue weighted by Gasteiger charge is -2.05. The molecule has 14 heavy (non-hydrogen) atoms. The van der Waals surface area contributed by atoms with E-state index in [2.05, 4.69) is 10.6 Å². The largest absolute Gasteiger partial charge is 0.385 e. The standard InChI is InChI=1S/C11H17FN2/c1-13-8-2-3-9-14-11-6-4-10(12)5-7-11/h4-7,13-14H,2-3,8-9H2,1H3. The average molecular weight is 196 g/mol. The van der Waals surface area contributed by atoms with Crippen molar-refractivity contribution in [3.63, 3.8) is 0 Å². The van der Waals surface area contributed by atoms with Gasteiger partial charge in [0.25, 0.3) is 0 Å². The van der Waals surface area contributed by atoms with Crippen LogP contribution in [0.1, 0.15) is 12.8 Å². The molecule has 1 aromatic carbocycles. The van der Waals surface area contributed by atoms with E-state index in [1.807, 2.05) is 7.05 Å². The Morgan fingerprint density at radius 3 is 2.36 bits per heavy atom. The molecule has 0 aliphatic rings. The van der Waals surface area contributed by atoms with Gasteiger partial charge in [-0.1, -0.05) is 0 Å². The van der Waals surface area contributed by atoms with Gasteiger partial charge < -0.3 is 10.6 Å². The fourth-order valence-electron chi connectivity index (χ4n) is 1.23. The Bertz CT molecular complexity index is 246. The van der Waals surface area contributed by atoms with Crippen molar-refractivity contribution < 1.29 is 4.39 Å². The van der Waals surface area contributed by atoms with E-state index in [1.165, 1.54) is 12.1 Å². The second kappa shape index (κ2) is 6.38. The third-order valence-corrected chi connectivity index (χ3v) is 2.03. The van der Waals surface area contributed by atoms with Gasteiger partial charge in [0, 0.05) is 12.2 Å². The SMILES string of the molecule is CNCCCCNc1ccc(F)cc1. The molecule has 3 heteroatoms. The van der Waals surface area contributed by atoms with E-state index in [9.17, 15) is 4.39 Å². The molecule has 0 amide bonds. The van der Waals surface area contributed by atoms with Crippen LogP contribution in [0.4, 0.5) is 10.1 Å². The van der Waals surface area contributed by atoms with Crippen LogP contribution in [0, 0.1) is 5.82 Å². The van der Waals surface area contributed by atoms with Crippen molar-refractivity contribution >= 4 is 5.69 Å². The van der Waals surface area contributed by atoms with Gasteiger partial charge in [-0.25, -0.2) is 4.39 Å². The van der Waals surface area contributed by atoms with Crippen molar-refractivity contribution in [2.45, 2.75) is 12.8 Å². The van der Waals surface area contributed by atoms with Gasteiger partial charge in [-0.05, 0) is 50.7 Å². The Hall–Kier alpha value is -1.09. The molecule has 1 rings (SSSR count). The summed E-state index contributed by atoms with van der Waals surface area (Å²) in [6.07, 6.45) is 2.28. The molecule has 0 unspecified atom stereocenters. The van der Waals surface area contributed by atoms with E-state index in [0.29, 0.717) is 0 Å². The van der Waals surface area contributed by atoms with E-state index in [-0.39, 0.29) is 5.82 Å². The van der Waals surface area contributed by atoms with Crippen LogP contribution in [-0.2, 0) is 0 Å². The average Bonchev–Trinajstić information content (AvgIpc) is 2.21. The number of benzene rings is 1. The Balaban J connectivity index is 2.15. The number of rotatable bonds is 6. The molecule has 0 heterocycles. The Morgan fingerprint density at radius 1 is 1.07 bits per heavy atom. The van der Waals surface area contributed by atoms with Gasteiger partial charge in [0.2, 0.25) is 0 Å². The molecule has 0 aromatic heterocycles. The lowest BCUT2D eigenvalue weighted by Crippen LogP contribution is -2.10. The molecule has 78 valence electrons. The third-order valence-electron chi connectivity index (χ3n) is 2.03. The van der Waals surface area contributed by atoms with Crippen molar-refractivity contribution in [3.8, 4) is 0 Å². The summed E-state index contributed by atoms with van der Waals surface area (Å²) in [7, 11) is 1.95. The van der Waals surface area contributed by atoms with E-state index in [1.54, 1.807) is 12.1 Å².